The molecule has 0 spiro atoms. The van der Waals surface area contributed by atoms with Gasteiger partial charge in [-0.3, -0.25) is 9.78 Å². The summed E-state index contributed by atoms with van der Waals surface area (Å²) in [6.45, 7) is 8.23. The number of carbonyl (C=O) groups excluding carboxylic acids is 1. The number of carbonyl (C=O) groups is 1. The maximum absolute atomic E-state index is 12.9. The maximum Gasteiger partial charge on any atom is 0.267 e. The molecule has 140 valence electrons. The third-order valence-electron chi connectivity index (χ3n) is 4.20. The van der Waals surface area contributed by atoms with E-state index in [1.165, 1.54) is 11.3 Å². The van der Waals surface area contributed by atoms with Crippen molar-refractivity contribution in [2.75, 3.05) is 12.4 Å². The van der Waals surface area contributed by atoms with Crippen LogP contribution in [0, 0.1) is 6.92 Å². The van der Waals surface area contributed by atoms with Crippen molar-refractivity contribution in [3.05, 3.63) is 58.7 Å². The number of nitrogens with one attached hydrogen (secondary N) is 1. The van der Waals surface area contributed by atoms with E-state index < -0.39 is 0 Å². The van der Waals surface area contributed by atoms with Crippen molar-refractivity contribution in [2.45, 2.75) is 33.1 Å². The predicted octanol–water partition coefficient (Wildman–Crippen LogP) is 5.07. The molecule has 27 heavy (non-hydrogen) atoms. The first-order valence-corrected chi connectivity index (χ1v) is 9.50. The molecule has 2 aromatic heterocycles. The number of benzene rings is 1. The van der Waals surface area contributed by atoms with Gasteiger partial charge in [-0.25, -0.2) is 4.98 Å². The summed E-state index contributed by atoms with van der Waals surface area (Å²) < 4.78 is 5.42. The molecule has 0 aliphatic heterocycles. The minimum atomic E-state index is -0.198. The third-order valence-corrected chi connectivity index (χ3v) is 5.38. The molecule has 3 rings (SSSR count). The van der Waals surface area contributed by atoms with Gasteiger partial charge in [0.15, 0.2) is 0 Å². The molecule has 1 aromatic carbocycles. The molecule has 1 N–H and O–H groups in total. The molecule has 0 atom stereocenters. The monoisotopic (exact) mass is 381 g/mol. The summed E-state index contributed by atoms with van der Waals surface area (Å²) in [5.74, 6) is 0.431. The second kappa shape index (κ2) is 7.48. The smallest absolute Gasteiger partial charge is 0.267 e. The molecular weight excluding hydrogens is 358 g/mol. The van der Waals surface area contributed by atoms with Gasteiger partial charge in [-0.05, 0) is 42.2 Å². The Morgan fingerprint density at radius 1 is 1.19 bits per heavy atom. The lowest BCUT2D eigenvalue weighted by atomic mass is 9.87. The fraction of sp³-hybridized carbons (Fsp3) is 0.286. The Bertz CT molecular complexity index is 959. The molecule has 2 heterocycles. The van der Waals surface area contributed by atoms with E-state index >= 15 is 0 Å². The summed E-state index contributed by atoms with van der Waals surface area (Å²) in [6.07, 6.45) is 1.72. The van der Waals surface area contributed by atoms with Crippen molar-refractivity contribution < 1.29 is 9.53 Å². The highest BCUT2D eigenvalue weighted by Gasteiger charge is 2.20. The van der Waals surface area contributed by atoms with Gasteiger partial charge in [0.2, 0.25) is 0 Å². The van der Waals surface area contributed by atoms with E-state index in [2.05, 4.69) is 36.1 Å². The largest absolute Gasteiger partial charge is 0.495 e. The normalized spacial score (nSPS) is 11.3. The van der Waals surface area contributed by atoms with E-state index in [0.29, 0.717) is 22.0 Å². The molecule has 0 fully saturated rings. The quantitative estimate of drug-likeness (QED) is 0.685. The van der Waals surface area contributed by atoms with Crippen LogP contribution in [0.25, 0.3) is 10.7 Å². The van der Waals surface area contributed by atoms with Crippen molar-refractivity contribution >= 4 is 22.9 Å². The van der Waals surface area contributed by atoms with E-state index in [1.807, 2.05) is 43.3 Å². The molecule has 1 amide bonds. The number of amides is 1. The minimum absolute atomic E-state index is 0.0295. The van der Waals surface area contributed by atoms with Crippen LogP contribution in [0.15, 0.2) is 42.6 Å². The number of hydrogen-bond acceptors (Lipinski definition) is 5. The maximum atomic E-state index is 12.9. The zero-order chi connectivity index (χ0) is 19.6. The number of thiazole rings is 1. The van der Waals surface area contributed by atoms with Crippen molar-refractivity contribution in [2.24, 2.45) is 0 Å². The van der Waals surface area contributed by atoms with Crippen LogP contribution in [0.2, 0.25) is 0 Å². The molecule has 0 aliphatic rings. The number of anilines is 1. The third kappa shape index (κ3) is 4.17. The van der Waals surface area contributed by atoms with Crippen LogP contribution in [0.3, 0.4) is 0 Å². The van der Waals surface area contributed by atoms with Gasteiger partial charge in [-0.1, -0.05) is 32.9 Å². The van der Waals surface area contributed by atoms with Gasteiger partial charge in [-0.15, -0.1) is 11.3 Å². The van der Waals surface area contributed by atoms with Crippen LogP contribution in [0.4, 0.5) is 5.69 Å². The van der Waals surface area contributed by atoms with Gasteiger partial charge in [0.1, 0.15) is 15.6 Å². The molecular formula is C21H23N3O2S. The summed E-state index contributed by atoms with van der Waals surface area (Å²) in [5, 5.41) is 3.71. The molecule has 0 saturated carbocycles. The van der Waals surface area contributed by atoms with Gasteiger partial charge >= 0.3 is 0 Å². The fourth-order valence-electron chi connectivity index (χ4n) is 2.66. The van der Waals surface area contributed by atoms with Gasteiger partial charge in [0.25, 0.3) is 5.91 Å². The summed E-state index contributed by atoms with van der Waals surface area (Å²) in [4.78, 5) is 22.3. The predicted molar refractivity (Wildman–Crippen MR) is 110 cm³/mol. The molecule has 0 radical (unpaired) electrons. The van der Waals surface area contributed by atoms with Crippen LogP contribution in [0.1, 0.15) is 41.7 Å². The standard InChI is InChI=1S/C21H23N3O2S/c1-13-18(27-20(23-13)15-8-6-7-11-22-15)19(25)24-16-12-14(21(2,3)4)9-10-17(16)26-5/h6-12H,1-5H3,(H,24,25). The Balaban J connectivity index is 1.91. The average molecular weight is 382 g/mol. The van der Waals surface area contributed by atoms with E-state index in [-0.39, 0.29) is 11.3 Å². The second-order valence-corrected chi connectivity index (χ2v) is 8.27. The highest BCUT2D eigenvalue weighted by molar-refractivity contribution is 7.17. The number of nitrogens with zero attached hydrogens (tertiary/aromatic N) is 2. The Morgan fingerprint density at radius 2 is 1.96 bits per heavy atom. The molecule has 0 aliphatic carbocycles. The minimum Gasteiger partial charge on any atom is -0.495 e. The first-order valence-electron chi connectivity index (χ1n) is 8.68. The zero-order valence-corrected chi connectivity index (χ0v) is 17.0. The Morgan fingerprint density at radius 3 is 2.59 bits per heavy atom. The Kier molecular flexibility index (Phi) is 5.28. The van der Waals surface area contributed by atoms with Gasteiger partial charge in [0.05, 0.1) is 24.2 Å². The van der Waals surface area contributed by atoms with E-state index in [9.17, 15) is 4.79 Å². The summed E-state index contributed by atoms with van der Waals surface area (Å²) in [6, 6.07) is 11.5. The van der Waals surface area contributed by atoms with Gasteiger partial charge < -0.3 is 10.1 Å². The van der Waals surface area contributed by atoms with E-state index in [4.69, 9.17) is 4.74 Å². The fourth-order valence-corrected chi connectivity index (χ4v) is 3.60. The van der Waals surface area contributed by atoms with E-state index in [0.717, 1.165) is 16.3 Å². The molecule has 6 heteroatoms. The first-order chi connectivity index (χ1) is 12.8. The SMILES string of the molecule is COc1ccc(C(C)(C)C)cc1NC(=O)c1sc(-c2ccccn2)nc1C. The molecule has 5 nitrogen and oxygen atoms in total. The van der Waals surface area contributed by atoms with E-state index in [1.54, 1.807) is 13.3 Å². The highest BCUT2D eigenvalue weighted by atomic mass is 32.1. The number of rotatable bonds is 4. The number of ether oxygens (including phenoxy) is 1. The second-order valence-electron chi connectivity index (χ2n) is 7.27. The van der Waals surface area contributed by atoms with Crippen molar-refractivity contribution in [1.82, 2.24) is 9.97 Å². The lowest BCUT2D eigenvalue weighted by molar-refractivity contribution is 0.102. The highest BCUT2D eigenvalue weighted by Crippen LogP contribution is 2.33. The lowest BCUT2D eigenvalue weighted by Crippen LogP contribution is -2.15. The average Bonchev–Trinajstić information content (AvgIpc) is 3.03. The van der Waals surface area contributed by atoms with Gasteiger partial charge in [-0.2, -0.15) is 0 Å². The summed E-state index contributed by atoms with van der Waals surface area (Å²) >= 11 is 1.34. The van der Waals surface area contributed by atoms with Crippen LogP contribution in [-0.4, -0.2) is 23.0 Å². The molecule has 0 bridgehead atoms. The lowest BCUT2D eigenvalue weighted by Gasteiger charge is -2.21. The van der Waals surface area contributed by atoms with Crippen molar-refractivity contribution in [3.8, 4) is 16.5 Å². The summed E-state index contributed by atoms with van der Waals surface area (Å²) in [5.41, 5.74) is 3.19. The number of pyridine rings is 1. The Labute approximate surface area is 163 Å². The molecule has 0 saturated heterocycles. The van der Waals surface area contributed by atoms with Crippen LogP contribution in [-0.2, 0) is 5.41 Å². The molecule has 0 unspecified atom stereocenters. The van der Waals surface area contributed by atoms with Gasteiger partial charge in [0, 0.05) is 6.20 Å². The zero-order valence-electron chi connectivity index (χ0n) is 16.2. The topological polar surface area (TPSA) is 64.1 Å². The Hall–Kier alpha value is -2.73. The van der Waals surface area contributed by atoms with Crippen LogP contribution in [0.5, 0.6) is 5.75 Å². The van der Waals surface area contributed by atoms with Crippen LogP contribution >= 0.6 is 11.3 Å². The first kappa shape index (κ1) is 19.0. The number of hydrogen-bond donors (Lipinski definition) is 1. The number of aryl methyl sites for hydroxylation is 1. The number of aromatic nitrogens is 2. The van der Waals surface area contributed by atoms with Crippen molar-refractivity contribution in [1.29, 1.82) is 0 Å². The summed E-state index contributed by atoms with van der Waals surface area (Å²) in [7, 11) is 1.60. The van der Waals surface area contributed by atoms with Crippen molar-refractivity contribution in [3.63, 3.8) is 0 Å². The molecule has 3 aromatic rings. The van der Waals surface area contributed by atoms with Crippen LogP contribution < -0.4 is 10.1 Å². The number of methoxy groups -OCH3 is 1.